The summed E-state index contributed by atoms with van der Waals surface area (Å²) in [5.74, 6) is -1.30. The number of aromatic nitrogens is 4. The lowest BCUT2D eigenvalue weighted by molar-refractivity contribution is -0.192. The second-order valence-electron chi connectivity index (χ2n) is 9.38. The summed E-state index contributed by atoms with van der Waals surface area (Å²) in [6, 6.07) is 13.4. The van der Waals surface area contributed by atoms with E-state index in [-0.39, 0.29) is 12.0 Å². The molecular weight excluding hydrogens is 507 g/mol. The monoisotopic (exact) mass is 533 g/mol. The second-order valence-corrected chi connectivity index (χ2v) is 9.38. The van der Waals surface area contributed by atoms with Crippen LogP contribution in [0.1, 0.15) is 23.5 Å². The summed E-state index contributed by atoms with van der Waals surface area (Å²) >= 11 is 0. The molecule has 10 nitrogen and oxygen atoms in total. The number of carboxylic acids is 1. The zero-order valence-corrected chi connectivity index (χ0v) is 20.5. The molecule has 2 aromatic heterocycles. The number of benzene rings is 1. The van der Waals surface area contributed by atoms with Crippen LogP contribution in [0.15, 0.2) is 58.3 Å². The van der Waals surface area contributed by atoms with Gasteiger partial charge >= 0.3 is 23.3 Å². The highest BCUT2D eigenvalue weighted by Gasteiger charge is 2.44. The smallest absolute Gasteiger partial charge is 0.490 e. The molecule has 4 heterocycles. The highest BCUT2D eigenvalue weighted by Crippen LogP contribution is 2.39. The number of hydrogen-bond acceptors (Lipinski definition) is 7. The van der Waals surface area contributed by atoms with E-state index < -0.39 is 23.3 Å². The number of rotatable bonds is 5. The van der Waals surface area contributed by atoms with Crippen LogP contribution in [0.25, 0.3) is 0 Å². The third-order valence-electron chi connectivity index (χ3n) is 6.60. The van der Waals surface area contributed by atoms with Crippen molar-refractivity contribution in [2.24, 2.45) is 5.41 Å². The van der Waals surface area contributed by atoms with Crippen LogP contribution in [0.2, 0.25) is 0 Å². The maximum atomic E-state index is 12.8. The minimum atomic E-state index is -5.08. The molecule has 0 saturated carbocycles. The predicted molar refractivity (Wildman–Crippen MR) is 129 cm³/mol. The van der Waals surface area contributed by atoms with E-state index in [0.29, 0.717) is 18.8 Å². The molecule has 1 unspecified atom stereocenters. The largest absolute Gasteiger partial charge is 0.497 e. The Morgan fingerprint density at radius 1 is 1.08 bits per heavy atom. The normalized spacial score (nSPS) is 18.6. The van der Waals surface area contributed by atoms with Gasteiger partial charge in [-0.3, -0.25) is 24.0 Å². The molecule has 38 heavy (non-hydrogen) atoms. The molecule has 1 spiro atoms. The van der Waals surface area contributed by atoms with E-state index >= 15 is 0 Å². The fraction of sp³-hybridized carbons (Fsp3) is 0.400. The number of aliphatic carboxylic acids is 1. The molecule has 0 bridgehead atoms. The summed E-state index contributed by atoms with van der Waals surface area (Å²) in [6.07, 6.45) is -1.58. The number of pyridine rings is 1. The van der Waals surface area contributed by atoms with Gasteiger partial charge < -0.3 is 9.84 Å². The number of carbonyl (C=O) groups is 1. The quantitative estimate of drug-likeness (QED) is 0.495. The van der Waals surface area contributed by atoms with Gasteiger partial charge in [0.15, 0.2) is 0 Å². The molecule has 202 valence electrons. The van der Waals surface area contributed by atoms with Crippen molar-refractivity contribution in [2.75, 3.05) is 20.2 Å². The Morgan fingerprint density at radius 3 is 2.39 bits per heavy atom. The minimum Gasteiger partial charge on any atom is -0.497 e. The molecular formula is C25H26F3N5O5. The molecule has 5 rings (SSSR count). The summed E-state index contributed by atoms with van der Waals surface area (Å²) in [5, 5.41) is 11.7. The van der Waals surface area contributed by atoms with Gasteiger partial charge in [0.05, 0.1) is 19.3 Å². The van der Waals surface area contributed by atoms with Crippen LogP contribution in [0.4, 0.5) is 13.2 Å². The molecule has 3 aromatic rings. The lowest BCUT2D eigenvalue weighted by atomic mass is 9.86. The summed E-state index contributed by atoms with van der Waals surface area (Å²) in [7, 11) is 1.61. The fourth-order valence-electron chi connectivity index (χ4n) is 4.77. The van der Waals surface area contributed by atoms with Crippen molar-refractivity contribution in [1.29, 1.82) is 0 Å². The van der Waals surface area contributed by atoms with Crippen molar-refractivity contribution >= 4 is 5.97 Å². The van der Waals surface area contributed by atoms with Crippen molar-refractivity contribution in [3.05, 3.63) is 86.5 Å². The summed E-state index contributed by atoms with van der Waals surface area (Å²) < 4.78 is 39.8. The first-order valence-corrected chi connectivity index (χ1v) is 11.8. The van der Waals surface area contributed by atoms with Crippen LogP contribution in [0.5, 0.6) is 5.75 Å². The van der Waals surface area contributed by atoms with Crippen molar-refractivity contribution in [2.45, 2.75) is 38.7 Å². The van der Waals surface area contributed by atoms with E-state index in [0.717, 1.165) is 43.1 Å². The molecule has 1 atom stereocenters. The first kappa shape index (κ1) is 27.0. The topological polar surface area (TPSA) is 120 Å². The number of carboxylic acid groups (broad SMARTS) is 1. The summed E-state index contributed by atoms with van der Waals surface area (Å²) in [6.45, 7) is 3.45. The van der Waals surface area contributed by atoms with E-state index in [9.17, 15) is 22.8 Å². The lowest BCUT2D eigenvalue weighted by Crippen LogP contribution is -2.43. The minimum absolute atomic E-state index is 0.0420. The number of nitrogens with zero attached hydrogens (tertiary/aromatic N) is 5. The lowest BCUT2D eigenvalue weighted by Gasteiger charge is -2.22. The Balaban J connectivity index is 0.000000426. The Labute approximate surface area is 214 Å². The fourth-order valence-corrected chi connectivity index (χ4v) is 4.77. The third kappa shape index (κ3) is 6.10. The molecule has 2 aliphatic heterocycles. The number of halogens is 3. The first-order valence-electron chi connectivity index (χ1n) is 11.8. The predicted octanol–water partition coefficient (Wildman–Crippen LogP) is 1.94. The Bertz CT molecular complexity index is 1410. The van der Waals surface area contributed by atoms with E-state index in [4.69, 9.17) is 14.6 Å². The number of hydrogen-bond donors (Lipinski definition) is 1. The number of likely N-dealkylation sites (tertiary alicyclic amines) is 1. The van der Waals surface area contributed by atoms with Gasteiger partial charge in [-0.05, 0) is 42.8 Å². The van der Waals surface area contributed by atoms with E-state index in [1.165, 1.54) is 4.68 Å². The molecule has 0 amide bonds. The van der Waals surface area contributed by atoms with Crippen LogP contribution < -0.4 is 15.9 Å². The van der Waals surface area contributed by atoms with Gasteiger partial charge in [0.1, 0.15) is 11.6 Å². The molecule has 1 N–H and O–H groups in total. The molecule has 1 saturated heterocycles. The Hall–Kier alpha value is -4.00. The zero-order chi connectivity index (χ0) is 27.5. The second kappa shape index (κ2) is 10.8. The van der Waals surface area contributed by atoms with Crippen LogP contribution in [-0.4, -0.2) is 61.7 Å². The van der Waals surface area contributed by atoms with Gasteiger partial charge in [-0.2, -0.15) is 18.3 Å². The van der Waals surface area contributed by atoms with Gasteiger partial charge in [-0.1, -0.05) is 18.2 Å². The van der Waals surface area contributed by atoms with Crippen molar-refractivity contribution < 1.29 is 27.8 Å². The van der Waals surface area contributed by atoms with Gasteiger partial charge in [0, 0.05) is 37.7 Å². The average Bonchev–Trinajstić information content (AvgIpc) is 3.45. The van der Waals surface area contributed by atoms with Gasteiger partial charge in [-0.15, -0.1) is 0 Å². The van der Waals surface area contributed by atoms with Gasteiger partial charge in [0.2, 0.25) is 0 Å². The zero-order valence-electron chi connectivity index (χ0n) is 20.5. The maximum absolute atomic E-state index is 12.8. The van der Waals surface area contributed by atoms with E-state index in [2.05, 4.69) is 15.0 Å². The molecule has 0 aliphatic carbocycles. The van der Waals surface area contributed by atoms with Crippen molar-refractivity contribution in [3.63, 3.8) is 0 Å². The number of ether oxygens (including phenoxy) is 1. The summed E-state index contributed by atoms with van der Waals surface area (Å²) in [4.78, 5) is 41.2. The van der Waals surface area contributed by atoms with Crippen LogP contribution in [-0.2, 0) is 30.8 Å². The molecule has 2 aliphatic rings. The Morgan fingerprint density at radius 2 is 1.79 bits per heavy atom. The number of methoxy groups -OCH3 is 1. The highest BCUT2D eigenvalue weighted by molar-refractivity contribution is 5.73. The van der Waals surface area contributed by atoms with Crippen molar-refractivity contribution in [3.8, 4) is 5.75 Å². The molecule has 0 radical (unpaired) electrons. The standard InChI is InChI=1S/C23H25N5O3.C2HF3O2/c1-31-19-7-5-17(6-8-19)13-28-22(30)21(29)27-16-23(12-20(27)25-28)9-11-26(15-23)14-18-4-2-3-10-24-18;3-2(4,5)1(6)7/h2-8,10H,9,11-16H2,1H3;(H,6,7). The average molecular weight is 534 g/mol. The SMILES string of the molecule is COc1ccc(Cn2nc3n(c(=O)c2=O)CC2(CCN(Cc4ccccn4)C2)C3)cc1.O=C(O)C(F)(F)F. The van der Waals surface area contributed by atoms with Gasteiger partial charge in [0.25, 0.3) is 0 Å². The molecule has 1 fully saturated rings. The van der Waals surface area contributed by atoms with Crippen LogP contribution in [0.3, 0.4) is 0 Å². The van der Waals surface area contributed by atoms with Crippen LogP contribution in [0, 0.1) is 5.41 Å². The van der Waals surface area contributed by atoms with Crippen molar-refractivity contribution in [1.82, 2.24) is 24.2 Å². The van der Waals surface area contributed by atoms with E-state index in [1.54, 1.807) is 11.7 Å². The maximum Gasteiger partial charge on any atom is 0.490 e. The highest BCUT2D eigenvalue weighted by atomic mass is 19.4. The van der Waals surface area contributed by atoms with Gasteiger partial charge in [-0.25, -0.2) is 9.48 Å². The third-order valence-corrected chi connectivity index (χ3v) is 6.60. The Kier molecular flexibility index (Phi) is 7.67. The number of fused-ring (bicyclic) bond motifs is 1. The summed E-state index contributed by atoms with van der Waals surface area (Å²) in [5.41, 5.74) is 0.859. The molecule has 1 aromatic carbocycles. The first-order chi connectivity index (χ1) is 18.0. The number of alkyl halides is 3. The van der Waals surface area contributed by atoms with Crippen LogP contribution >= 0.6 is 0 Å². The van der Waals surface area contributed by atoms with E-state index in [1.807, 2.05) is 48.7 Å². The molecule has 13 heteroatoms.